The van der Waals surface area contributed by atoms with Gasteiger partial charge >= 0.3 is 0 Å². The Hall–Kier alpha value is -1.14. The maximum atomic E-state index is 5.31. The number of hydrogen-bond acceptors (Lipinski definition) is 4. The van der Waals surface area contributed by atoms with Crippen LogP contribution in [0.15, 0.2) is 10.4 Å². The van der Waals surface area contributed by atoms with Crippen LogP contribution in [0.4, 0.5) is 0 Å². The molecule has 6 heteroatoms. The molecule has 1 rings (SSSR count). The van der Waals surface area contributed by atoms with Gasteiger partial charge < -0.3 is 15.0 Å². The number of rotatable bonds is 8. The van der Waals surface area contributed by atoms with E-state index in [0.29, 0.717) is 5.92 Å². The molecule has 1 atom stereocenters. The Morgan fingerprint density at radius 2 is 2.18 bits per heavy atom. The molecule has 0 bridgehead atoms. The van der Waals surface area contributed by atoms with E-state index >= 15 is 0 Å². The summed E-state index contributed by atoms with van der Waals surface area (Å²) in [5.41, 5.74) is 1.06. The quantitative estimate of drug-likeness (QED) is 0.588. The fourth-order valence-corrected chi connectivity index (χ4v) is 2.74. The zero-order chi connectivity index (χ0) is 16.5. The summed E-state index contributed by atoms with van der Waals surface area (Å²) < 4.78 is 5.31. The predicted molar refractivity (Wildman–Crippen MR) is 94.4 cm³/mol. The van der Waals surface area contributed by atoms with E-state index in [-0.39, 0.29) is 6.10 Å². The third-order valence-electron chi connectivity index (χ3n) is 3.33. The lowest BCUT2D eigenvalue weighted by Gasteiger charge is -2.21. The van der Waals surface area contributed by atoms with Crippen LogP contribution >= 0.6 is 11.3 Å². The highest BCUT2D eigenvalue weighted by Gasteiger charge is 2.12. The van der Waals surface area contributed by atoms with E-state index in [9.17, 15) is 0 Å². The summed E-state index contributed by atoms with van der Waals surface area (Å²) in [5, 5.41) is 6.46. The van der Waals surface area contributed by atoms with Gasteiger partial charge in [0.25, 0.3) is 0 Å². The topological polar surface area (TPSA) is 49.8 Å². The molecule has 126 valence electrons. The summed E-state index contributed by atoms with van der Waals surface area (Å²) in [6.07, 6.45) is 1.16. The molecular formula is C16H30N4OS. The first kappa shape index (κ1) is 18.9. The molecule has 0 aromatic carbocycles. The molecule has 0 aliphatic rings. The van der Waals surface area contributed by atoms with Gasteiger partial charge in [0.15, 0.2) is 5.96 Å². The van der Waals surface area contributed by atoms with E-state index in [4.69, 9.17) is 9.73 Å². The summed E-state index contributed by atoms with van der Waals surface area (Å²) >= 11 is 1.65. The van der Waals surface area contributed by atoms with Crippen molar-refractivity contribution in [2.75, 3.05) is 27.2 Å². The van der Waals surface area contributed by atoms with Crippen molar-refractivity contribution < 1.29 is 4.74 Å². The van der Waals surface area contributed by atoms with Crippen LogP contribution < -0.4 is 5.32 Å². The van der Waals surface area contributed by atoms with E-state index in [1.54, 1.807) is 18.4 Å². The molecule has 5 nitrogen and oxygen atoms in total. The Morgan fingerprint density at radius 1 is 1.45 bits per heavy atom. The number of ether oxygens (including phenoxy) is 1. The van der Waals surface area contributed by atoms with Crippen molar-refractivity contribution in [3.63, 3.8) is 0 Å². The van der Waals surface area contributed by atoms with Crippen molar-refractivity contribution in [1.82, 2.24) is 15.2 Å². The average molecular weight is 327 g/mol. The smallest absolute Gasteiger partial charge is 0.194 e. The number of methoxy groups -OCH3 is 1. The number of hydrogen-bond donors (Lipinski definition) is 1. The molecular weight excluding hydrogens is 296 g/mol. The van der Waals surface area contributed by atoms with E-state index in [1.165, 1.54) is 0 Å². The van der Waals surface area contributed by atoms with Gasteiger partial charge in [-0.25, -0.2) is 4.98 Å². The fourth-order valence-electron chi connectivity index (χ4n) is 1.90. The van der Waals surface area contributed by atoms with Crippen LogP contribution in [0.25, 0.3) is 0 Å². The van der Waals surface area contributed by atoms with Crippen molar-refractivity contribution in [3.05, 3.63) is 16.1 Å². The van der Waals surface area contributed by atoms with Gasteiger partial charge in [-0.1, -0.05) is 13.8 Å². The normalized spacial score (nSPS) is 13.5. The zero-order valence-electron chi connectivity index (χ0n) is 14.7. The molecule has 1 aromatic rings. The van der Waals surface area contributed by atoms with Crippen molar-refractivity contribution in [1.29, 1.82) is 0 Å². The van der Waals surface area contributed by atoms with Crippen molar-refractivity contribution >= 4 is 17.3 Å². The van der Waals surface area contributed by atoms with Crippen LogP contribution in [0.3, 0.4) is 0 Å². The SMILES string of the molecule is CCNC(=NCCC(C)C)N(C)Cc1csc(C(C)OC)n1. The first-order valence-electron chi connectivity index (χ1n) is 7.94. The van der Waals surface area contributed by atoms with Gasteiger partial charge in [0.05, 0.1) is 12.2 Å². The Balaban J connectivity index is 2.65. The third-order valence-corrected chi connectivity index (χ3v) is 4.39. The Bertz CT molecular complexity index is 459. The second kappa shape index (κ2) is 9.79. The van der Waals surface area contributed by atoms with E-state index < -0.39 is 0 Å². The molecule has 1 N–H and O–H groups in total. The lowest BCUT2D eigenvalue weighted by molar-refractivity contribution is 0.119. The third kappa shape index (κ3) is 6.32. The summed E-state index contributed by atoms with van der Waals surface area (Å²) in [4.78, 5) is 11.5. The Kier molecular flexibility index (Phi) is 8.42. The minimum Gasteiger partial charge on any atom is -0.375 e. The van der Waals surface area contributed by atoms with Gasteiger partial charge in [-0.15, -0.1) is 11.3 Å². The van der Waals surface area contributed by atoms with Gasteiger partial charge in [0.1, 0.15) is 11.1 Å². The lowest BCUT2D eigenvalue weighted by atomic mass is 10.1. The molecule has 0 amide bonds. The molecule has 22 heavy (non-hydrogen) atoms. The highest BCUT2D eigenvalue weighted by atomic mass is 32.1. The van der Waals surface area contributed by atoms with Gasteiger partial charge in [0.2, 0.25) is 0 Å². The highest BCUT2D eigenvalue weighted by Crippen LogP contribution is 2.20. The van der Waals surface area contributed by atoms with Gasteiger partial charge in [-0.2, -0.15) is 0 Å². The zero-order valence-corrected chi connectivity index (χ0v) is 15.5. The van der Waals surface area contributed by atoms with Crippen LogP contribution in [-0.2, 0) is 11.3 Å². The molecule has 0 spiro atoms. The number of guanidine groups is 1. The molecule has 1 heterocycles. The van der Waals surface area contributed by atoms with Crippen LogP contribution in [0, 0.1) is 5.92 Å². The monoisotopic (exact) mass is 326 g/mol. The van der Waals surface area contributed by atoms with Crippen LogP contribution in [0.5, 0.6) is 0 Å². The number of thiazole rings is 1. The van der Waals surface area contributed by atoms with Gasteiger partial charge in [-0.3, -0.25) is 4.99 Å². The summed E-state index contributed by atoms with van der Waals surface area (Å²) in [6.45, 7) is 11.0. The van der Waals surface area contributed by atoms with Crippen LogP contribution in [-0.4, -0.2) is 43.1 Å². The minimum absolute atomic E-state index is 0.0528. The molecule has 0 fully saturated rings. The largest absolute Gasteiger partial charge is 0.375 e. The summed E-state index contributed by atoms with van der Waals surface area (Å²) in [5.74, 6) is 1.62. The second-order valence-electron chi connectivity index (χ2n) is 5.83. The Labute approximate surface area is 138 Å². The molecule has 0 aliphatic carbocycles. The first-order chi connectivity index (χ1) is 10.5. The second-order valence-corrected chi connectivity index (χ2v) is 6.72. The molecule has 1 unspecified atom stereocenters. The van der Waals surface area contributed by atoms with Crippen LogP contribution in [0.1, 0.15) is 50.9 Å². The van der Waals surface area contributed by atoms with Gasteiger partial charge in [-0.05, 0) is 26.2 Å². The van der Waals surface area contributed by atoms with Gasteiger partial charge in [0, 0.05) is 32.6 Å². The van der Waals surface area contributed by atoms with Crippen molar-refractivity contribution in [2.24, 2.45) is 10.9 Å². The molecule has 0 saturated carbocycles. The van der Waals surface area contributed by atoms with Crippen LogP contribution in [0.2, 0.25) is 0 Å². The molecule has 0 saturated heterocycles. The number of nitrogens with one attached hydrogen (secondary N) is 1. The highest BCUT2D eigenvalue weighted by molar-refractivity contribution is 7.09. The number of aliphatic imine (C=N–C) groups is 1. The maximum absolute atomic E-state index is 5.31. The standard InChI is InChI=1S/C16H30N4OS/c1-7-17-16(18-9-8-12(2)3)20(5)10-14-11-22-15(19-14)13(4)21-6/h11-13H,7-10H2,1-6H3,(H,17,18). The summed E-state index contributed by atoms with van der Waals surface area (Å²) in [6, 6.07) is 0. The fraction of sp³-hybridized carbons (Fsp3) is 0.750. The van der Waals surface area contributed by atoms with Crippen molar-refractivity contribution in [2.45, 2.75) is 46.8 Å². The van der Waals surface area contributed by atoms with E-state index in [0.717, 1.165) is 42.7 Å². The molecule has 0 aliphatic heterocycles. The number of nitrogens with zero attached hydrogens (tertiary/aromatic N) is 3. The average Bonchev–Trinajstić information content (AvgIpc) is 2.93. The number of aromatic nitrogens is 1. The lowest BCUT2D eigenvalue weighted by Crippen LogP contribution is -2.38. The maximum Gasteiger partial charge on any atom is 0.194 e. The predicted octanol–water partition coefficient (Wildman–Crippen LogP) is 3.29. The molecule has 0 radical (unpaired) electrons. The molecule has 1 aromatic heterocycles. The minimum atomic E-state index is 0.0528. The summed E-state index contributed by atoms with van der Waals surface area (Å²) in [7, 11) is 3.76. The van der Waals surface area contributed by atoms with E-state index in [2.05, 4.69) is 48.4 Å². The van der Waals surface area contributed by atoms with E-state index in [1.807, 2.05) is 6.92 Å². The Morgan fingerprint density at radius 3 is 2.77 bits per heavy atom. The first-order valence-corrected chi connectivity index (χ1v) is 8.82. The van der Waals surface area contributed by atoms with Crippen molar-refractivity contribution in [3.8, 4) is 0 Å².